The van der Waals surface area contributed by atoms with Crippen LogP contribution in [0.4, 0.5) is 28.9 Å². The van der Waals surface area contributed by atoms with Gasteiger partial charge < -0.3 is 16.4 Å². The Morgan fingerprint density at radius 1 is 1.21 bits per heavy atom. The fourth-order valence-corrected chi connectivity index (χ4v) is 4.77. The first-order valence-electron chi connectivity index (χ1n) is 12.6. The summed E-state index contributed by atoms with van der Waals surface area (Å²) in [5, 5.41) is 6.24. The minimum absolute atomic E-state index is 0.00759. The molecule has 3 aromatic rings. The lowest BCUT2D eigenvalue weighted by molar-refractivity contribution is -0.0329. The van der Waals surface area contributed by atoms with E-state index in [9.17, 15) is 17.6 Å². The SMILES string of the molecule is C=C(N)c1ccc(NCC#Cc2nc3c(NC(CCC)C(F)CC)cccn3c2SC(F)(F)F)c(CC)c1. The van der Waals surface area contributed by atoms with E-state index in [4.69, 9.17) is 5.73 Å². The molecule has 5 nitrogen and oxygen atoms in total. The van der Waals surface area contributed by atoms with E-state index in [2.05, 4.69) is 34.0 Å². The van der Waals surface area contributed by atoms with Gasteiger partial charge in [0.25, 0.3) is 0 Å². The van der Waals surface area contributed by atoms with Crippen molar-refractivity contribution in [2.75, 3.05) is 17.2 Å². The summed E-state index contributed by atoms with van der Waals surface area (Å²) in [5.41, 5.74) is 5.18. The highest BCUT2D eigenvalue weighted by atomic mass is 32.2. The van der Waals surface area contributed by atoms with Crippen molar-refractivity contribution in [2.24, 2.45) is 5.73 Å². The fourth-order valence-electron chi connectivity index (χ4n) is 4.11. The zero-order valence-corrected chi connectivity index (χ0v) is 22.6. The van der Waals surface area contributed by atoms with Crippen LogP contribution in [0, 0.1) is 11.8 Å². The molecule has 2 heterocycles. The number of fused-ring (bicyclic) bond motifs is 1. The Morgan fingerprint density at radius 3 is 2.61 bits per heavy atom. The van der Waals surface area contributed by atoms with Gasteiger partial charge in [0, 0.05) is 29.3 Å². The normalized spacial score (nSPS) is 13.0. The second kappa shape index (κ2) is 13.0. The van der Waals surface area contributed by atoms with E-state index in [-0.39, 0.29) is 34.7 Å². The van der Waals surface area contributed by atoms with Crippen molar-refractivity contribution in [1.29, 1.82) is 0 Å². The van der Waals surface area contributed by atoms with Gasteiger partial charge in [0.15, 0.2) is 5.65 Å². The highest BCUT2D eigenvalue weighted by Gasteiger charge is 2.33. The zero-order valence-electron chi connectivity index (χ0n) is 21.8. The topological polar surface area (TPSA) is 67.4 Å². The third-order valence-corrected chi connectivity index (χ3v) is 6.83. The van der Waals surface area contributed by atoms with Crippen molar-refractivity contribution >= 4 is 34.5 Å². The van der Waals surface area contributed by atoms with E-state index in [0.717, 1.165) is 29.7 Å². The van der Waals surface area contributed by atoms with Crippen molar-refractivity contribution < 1.29 is 17.6 Å². The number of pyridine rings is 1. The second-order valence-corrected chi connectivity index (χ2v) is 9.85. The Labute approximate surface area is 225 Å². The van der Waals surface area contributed by atoms with Gasteiger partial charge in [-0.05, 0) is 60.6 Å². The summed E-state index contributed by atoms with van der Waals surface area (Å²) in [7, 11) is 0. The van der Waals surface area contributed by atoms with Gasteiger partial charge in [-0.15, -0.1) is 0 Å². The number of anilines is 2. The lowest BCUT2D eigenvalue weighted by atomic mass is 10.0. The Morgan fingerprint density at radius 2 is 1.97 bits per heavy atom. The van der Waals surface area contributed by atoms with Crippen molar-refractivity contribution in [3.63, 3.8) is 0 Å². The van der Waals surface area contributed by atoms with Crippen LogP contribution in [0.1, 0.15) is 56.9 Å². The summed E-state index contributed by atoms with van der Waals surface area (Å²) in [5.74, 6) is 5.69. The number of aryl methyl sites for hydroxylation is 1. The third-order valence-electron chi connectivity index (χ3n) is 6.02. The van der Waals surface area contributed by atoms with Crippen molar-refractivity contribution in [3.8, 4) is 11.8 Å². The standard InChI is InChI=1S/C28H33F4N5S/c1-5-10-23(21(29)7-3)35-24-12-9-16-37-26(24)36-25(27(37)38-28(30,31)32)11-8-15-34-22-14-13-20(18(4)33)17-19(22)6-2/h9,12-14,16-17,21,23,34-35H,4-7,10,15,33H2,1-3H3. The lowest BCUT2D eigenvalue weighted by Crippen LogP contribution is -2.30. The molecule has 0 saturated carbocycles. The number of benzene rings is 1. The maximum atomic E-state index is 14.6. The van der Waals surface area contributed by atoms with Crippen LogP contribution >= 0.6 is 11.8 Å². The van der Waals surface area contributed by atoms with Gasteiger partial charge in [-0.2, -0.15) is 13.2 Å². The van der Waals surface area contributed by atoms with Gasteiger partial charge in [-0.25, -0.2) is 9.37 Å². The molecule has 0 aliphatic rings. The van der Waals surface area contributed by atoms with Crippen molar-refractivity contribution in [1.82, 2.24) is 9.38 Å². The summed E-state index contributed by atoms with van der Waals surface area (Å²) in [6, 6.07) is 8.51. The highest BCUT2D eigenvalue weighted by Crippen LogP contribution is 2.39. The van der Waals surface area contributed by atoms with E-state index in [1.807, 2.05) is 32.0 Å². The summed E-state index contributed by atoms with van der Waals surface area (Å²) in [6.07, 6.45) is 2.84. The average Bonchev–Trinajstić information content (AvgIpc) is 3.22. The first kappa shape index (κ1) is 29.2. The molecule has 2 unspecified atom stereocenters. The first-order chi connectivity index (χ1) is 18.1. The highest BCUT2D eigenvalue weighted by molar-refractivity contribution is 8.00. The third kappa shape index (κ3) is 7.38. The molecule has 0 fully saturated rings. The molecule has 38 heavy (non-hydrogen) atoms. The predicted octanol–water partition coefficient (Wildman–Crippen LogP) is 7.23. The van der Waals surface area contributed by atoms with Gasteiger partial charge >= 0.3 is 5.51 Å². The average molecular weight is 548 g/mol. The van der Waals surface area contributed by atoms with E-state index in [1.54, 1.807) is 19.1 Å². The van der Waals surface area contributed by atoms with Crippen LogP contribution in [-0.2, 0) is 6.42 Å². The number of hydrogen-bond acceptors (Lipinski definition) is 5. The molecular weight excluding hydrogens is 514 g/mol. The molecule has 2 aromatic heterocycles. The number of rotatable bonds is 11. The van der Waals surface area contributed by atoms with Crippen LogP contribution in [0.2, 0.25) is 0 Å². The number of alkyl halides is 4. The molecule has 0 aliphatic carbocycles. The molecule has 3 rings (SSSR count). The smallest absolute Gasteiger partial charge is 0.399 e. The molecule has 0 radical (unpaired) electrons. The van der Waals surface area contributed by atoms with Crippen LogP contribution in [-0.4, -0.2) is 33.7 Å². The van der Waals surface area contributed by atoms with Gasteiger partial charge in [-0.1, -0.05) is 45.8 Å². The molecule has 10 heteroatoms. The Bertz CT molecular complexity index is 1320. The Balaban J connectivity index is 1.93. The predicted molar refractivity (Wildman–Crippen MR) is 149 cm³/mol. The lowest BCUT2D eigenvalue weighted by Gasteiger charge is -2.22. The number of thioether (sulfide) groups is 1. The molecule has 0 amide bonds. The Kier molecular flexibility index (Phi) is 9.97. The molecular formula is C28H33F4N5S. The van der Waals surface area contributed by atoms with E-state index < -0.39 is 17.7 Å². The number of aromatic nitrogens is 2. The quantitative estimate of drug-likeness (QED) is 0.134. The van der Waals surface area contributed by atoms with Gasteiger partial charge in [0.2, 0.25) is 0 Å². The van der Waals surface area contributed by atoms with Crippen molar-refractivity contribution in [2.45, 2.75) is 69.2 Å². The molecule has 4 N–H and O–H groups in total. The maximum Gasteiger partial charge on any atom is 0.447 e. The first-order valence-corrected chi connectivity index (χ1v) is 13.4. The fraction of sp³-hybridized carbons (Fsp3) is 0.393. The van der Waals surface area contributed by atoms with Crippen LogP contribution in [0.25, 0.3) is 11.3 Å². The summed E-state index contributed by atoms with van der Waals surface area (Å²) in [6.45, 7) is 9.68. The Hall–Kier alpha value is -3.32. The second-order valence-electron chi connectivity index (χ2n) is 8.80. The van der Waals surface area contributed by atoms with Crippen LogP contribution in [0.3, 0.4) is 0 Å². The van der Waals surface area contributed by atoms with Gasteiger partial charge in [0.1, 0.15) is 16.9 Å². The van der Waals surface area contributed by atoms with Crippen LogP contribution < -0.4 is 16.4 Å². The van der Waals surface area contributed by atoms with Crippen LogP contribution in [0.15, 0.2) is 48.1 Å². The molecule has 0 spiro atoms. The monoisotopic (exact) mass is 547 g/mol. The van der Waals surface area contributed by atoms with E-state index in [1.165, 1.54) is 10.6 Å². The number of nitrogens with two attached hydrogens (primary N) is 1. The number of nitrogens with zero attached hydrogens (tertiary/aromatic N) is 2. The molecule has 1 aromatic carbocycles. The molecule has 2 atom stereocenters. The zero-order chi connectivity index (χ0) is 27.9. The van der Waals surface area contributed by atoms with Gasteiger partial charge in [0.05, 0.1) is 18.3 Å². The maximum absolute atomic E-state index is 14.6. The minimum Gasteiger partial charge on any atom is -0.399 e. The molecule has 0 bridgehead atoms. The van der Waals surface area contributed by atoms with Gasteiger partial charge in [-0.3, -0.25) is 4.40 Å². The minimum atomic E-state index is -4.53. The largest absolute Gasteiger partial charge is 0.447 e. The number of halogens is 4. The number of hydrogen-bond donors (Lipinski definition) is 3. The summed E-state index contributed by atoms with van der Waals surface area (Å²) in [4.78, 5) is 4.44. The van der Waals surface area contributed by atoms with Crippen molar-refractivity contribution in [3.05, 3.63) is 59.9 Å². The molecule has 0 aliphatic heterocycles. The molecule has 204 valence electrons. The number of nitrogens with one attached hydrogen (secondary N) is 2. The van der Waals surface area contributed by atoms with E-state index >= 15 is 0 Å². The van der Waals surface area contributed by atoms with E-state index in [0.29, 0.717) is 24.2 Å². The summed E-state index contributed by atoms with van der Waals surface area (Å²) < 4.78 is 56.3. The number of imidazole rings is 1. The van der Waals surface area contributed by atoms with Crippen LogP contribution in [0.5, 0.6) is 0 Å². The molecule has 0 saturated heterocycles. The summed E-state index contributed by atoms with van der Waals surface area (Å²) >= 11 is -0.267.